The van der Waals surface area contributed by atoms with E-state index in [2.05, 4.69) is 64.5 Å². The Labute approximate surface area is 127 Å². The number of hydrogen-bond donors (Lipinski definition) is 1. The second kappa shape index (κ2) is 7.73. The van der Waals surface area contributed by atoms with E-state index < -0.39 is 0 Å². The van der Waals surface area contributed by atoms with Crippen LogP contribution in [0.15, 0.2) is 64.0 Å². The lowest BCUT2D eigenvalue weighted by atomic mass is 9.97. The van der Waals surface area contributed by atoms with E-state index in [1.165, 1.54) is 10.5 Å². The molecular formula is C16H18BrNS. The highest BCUT2D eigenvalue weighted by atomic mass is 79.9. The average Bonchev–Trinajstić information content (AvgIpc) is 2.45. The molecule has 1 atom stereocenters. The lowest BCUT2D eigenvalue weighted by Gasteiger charge is -2.15. The molecule has 2 aromatic rings. The van der Waals surface area contributed by atoms with Crippen LogP contribution in [0.4, 0.5) is 0 Å². The van der Waals surface area contributed by atoms with Crippen LogP contribution in [0.5, 0.6) is 0 Å². The van der Waals surface area contributed by atoms with E-state index in [-0.39, 0.29) is 0 Å². The maximum Gasteiger partial charge on any atom is 0.0178 e. The van der Waals surface area contributed by atoms with E-state index in [9.17, 15) is 0 Å². The van der Waals surface area contributed by atoms with Crippen molar-refractivity contribution < 1.29 is 0 Å². The predicted molar refractivity (Wildman–Crippen MR) is 87.7 cm³/mol. The lowest BCUT2D eigenvalue weighted by Crippen LogP contribution is -2.13. The predicted octanol–water partition coefficient (Wildman–Crippen LogP) is 4.67. The molecule has 0 aliphatic heterocycles. The summed E-state index contributed by atoms with van der Waals surface area (Å²) >= 11 is 5.41. The summed E-state index contributed by atoms with van der Waals surface area (Å²) in [5, 5.41) is 0. The molecule has 2 aromatic carbocycles. The van der Waals surface area contributed by atoms with Crippen LogP contribution in [0.3, 0.4) is 0 Å². The zero-order valence-corrected chi connectivity index (χ0v) is 13.2. The largest absolute Gasteiger partial charge is 0.330 e. The second-order valence-electron chi connectivity index (χ2n) is 4.44. The summed E-state index contributed by atoms with van der Waals surface area (Å²) in [6, 6.07) is 19.0. The topological polar surface area (TPSA) is 26.0 Å². The minimum Gasteiger partial charge on any atom is -0.330 e. The Kier molecular flexibility index (Phi) is 5.95. The smallest absolute Gasteiger partial charge is 0.0178 e. The Morgan fingerprint density at radius 2 is 1.84 bits per heavy atom. The van der Waals surface area contributed by atoms with Crippen molar-refractivity contribution in [2.45, 2.75) is 17.2 Å². The van der Waals surface area contributed by atoms with Crippen molar-refractivity contribution >= 4 is 27.7 Å². The molecule has 19 heavy (non-hydrogen) atoms. The van der Waals surface area contributed by atoms with Crippen LogP contribution >= 0.6 is 27.7 Å². The lowest BCUT2D eigenvalue weighted by molar-refractivity contribution is 0.680. The van der Waals surface area contributed by atoms with Crippen molar-refractivity contribution in [2.24, 2.45) is 5.73 Å². The van der Waals surface area contributed by atoms with Gasteiger partial charge in [-0.05, 0) is 54.5 Å². The zero-order chi connectivity index (χ0) is 13.5. The first-order chi connectivity index (χ1) is 9.29. The summed E-state index contributed by atoms with van der Waals surface area (Å²) in [5.74, 6) is 1.53. The molecule has 100 valence electrons. The van der Waals surface area contributed by atoms with Crippen LogP contribution < -0.4 is 5.73 Å². The van der Waals surface area contributed by atoms with Gasteiger partial charge in [0.2, 0.25) is 0 Å². The second-order valence-corrected chi connectivity index (χ2v) is 6.52. The van der Waals surface area contributed by atoms with Crippen LogP contribution in [0.1, 0.15) is 17.9 Å². The van der Waals surface area contributed by atoms with Crippen molar-refractivity contribution in [2.75, 3.05) is 12.3 Å². The molecule has 3 heteroatoms. The van der Waals surface area contributed by atoms with Crippen molar-refractivity contribution in [3.63, 3.8) is 0 Å². The van der Waals surface area contributed by atoms with Gasteiger partial charge in [0.25, 0.3) is 0 Å². The molecule has 2 N–H and O–H groups in total. The van der Waals surface area contributed by atoms with Gasteiger partial charge in [-0.3, -0.25) is 0 Å². The van der Waals surface area contributed by atoms with Gasteiger partial charge in [-0.2, -0.15) is 0 Å². The Morgan fingerprint density at radius 3 is 2.53 bits per heavy atom. The zero-order valence-electron chi connectivity index (χ0n) is 10.8. The molecule has 1 unspecified atom stereocenters. The monoisotopic (exact) mass is 335 g/mol. The summed E-state index contributed by atoms with van der Waals surface area (Å²) in [6.45, 7) is 0.700. The van der Waals surface area contributed by atoms with Gasteiger partial charge >= 0.3 is 0 Å². The number of halogens is 1. The minimum absolute atomic E-state index is 0.439. The molecule has 0 fully saturated rings. The van der Waals surface area contributed by atoms with Gasteiger partial charge < -0.3 is 5.73 Å². The molecule has 0 heterocycles. The van der Waals surface area contributed by atoms with E-state index >= 15 is 0 Å². The fourth-order valence-corrected chi connectivity index (χ4v) is 3.42. The van der Waals surface area contributed by atoms with Gasteiger partial charge in [0.15, 0.2) is 0 Å². The maximum absolute atomic E-state index is 5.91. The standard InChI is InChI=1S/C16H18BrNS/c17-15-6-4-5-13(11-15)14(12-18)9-10-19-16-7-2-1-3-8-16/h1-8,11,14H,9-10,12,18H2. The molecular weight excluding hydrogens is 318 g/mol. The first-order valence-corrected chi connectivity index (χ1v) is 8.21. The molecule has 0 saturated heterocycles. The minimum atomic E-state index is 0.439. The van der Waals surface area contributed by atoms with Crippen LogP contribution in [-0.2, 0) is 0 Å². The number of rotatable bonds is 6. The van der Waals surface area contributed by atoms with Gasteiger partial charge in [0.05, 0.1) is 0 Å². The highest BCUT2D eigenvalue weighted by Crippen LogP contribution is 2.26. The van der Waals surface area contributed by atoms with E-state index in [1.807, 2.05) is 17.8 Å². The number of benzene rings is 2. The van der Waals surface area contributed by atoms with E-state index in [0.29, 0.717) is 12.5 Å². The van der Waals surface area contributed by atoms with Crippen LogP contribution in [0.25, 0.3) is 0 Å². The Balaban J connectivity index is 1.89. The highest BCUT2D eigenvalue weighted by molar-refractivity contribution is 9.10. The van der Waals surface area contributed by atoms with Gasteiger partial charge in [0.1, 0.15) is 0 Å². The number of hydrogen-bond acceptors (Lipinski definition) is 2. The number of thioether (sulfide) groups is 1. The molecule has 0 aromatic heterocycles. The average molecular weight is 336 g/mol. The summed E-state index contributed by atoms with van der Waals surface area (Å²) in [4.78, 5) is 1.33. The van der Waals surface area contributed by atoms with Crippen molar-refractivity contribution in [1.82, 2.24) is 0 Å². The molecule has 2 rings (SSSR count). The van der Waals surface area contributed by atoms with E-state index in [0.717, 1.165) is 16.6 Å². The van der Waals surface area contributed by atoms with Gasteiger partial charge in [0, 0.05) is 9.37 Å². The maximum atomic E-state index is 5.91. The van der Waals surface area contributed by atoms with Gasteiger partial charge in [-0.1, -0.05) is 46.3 Å². The van der Waals surface area contributed by atoms with Crippen molar-refractivity contribution in [3.05, 3.63) is 64.6 Å². The van der Waals surface area contributed by atoms with Gasteiger partial charge in [-0.25, -0.2) is 0 Å². The SMILES string of the molecule is NCC(CCSc1ccccc1)c1cccc(Br)c1. The summed E-state index contributed by atoms with van der Waals surface area (Å²) in [7, 11) is 0. The molecule has 0 spiro atoms. The first kappa shape index (κ1) is 14.6. The summed E-state index contributed by atoms with van der Waals surface area (Å²) in [5.41, 5.74) is 7.23. The number of nitrogens with two attached hydrogens (primary N) is 1. The molecule has 0 aliphatic rings. The van der Waals surface area contributed by atoms with Crippen LogP contribution in [0.2, 0.25) is 0 Å². The van der Waals surface area contributed by atoms with Gasteiger partial charge in [-0.15, -0.1) is 11.8 Å². The fraction of sp³-hybridized carbons (Fsp3) is 0.250. The fourth-order valence-electron chi connectivity index (χ4n) is 2.02. The quantitative estimate of drug-likeness (QED) is 0.776. The third kappa shape index (κ3) is 4.68. The third-order valence-corrected chi connectivity index (χ3v) is 4.62. The Hall–Kier alpha value is -0.770. The Bertz CT molecular complexity index is 501. The van der Waals surface area contributed by atoms with Crippen LogP contribution in [-0.4, -0.2) is 12.3 Å². The van der Waals surface area contributed by atoms with E-state index in [1.54, 1.807) is 0 Å². The van der Waals surface area contributed by atoms with Crippen molar-refractivity contribution in [1.29, 1.82) is 0 Å². The highest BCUT2D eigenvalue weighted by Gasteiger charge is 2.10. The molecule has 1 nitrogen and oxygen atoms in total. The summed E-state index contributed by atoms with van der Waals surface area (Å²) in [6.07, 6.45) is 1.10. The normalized spacial score (nSPS) is 12.3. The molecule has 0 radical (unpaired) electrons. The summed E-state index contributed by atoms with van der Waals surface area (Å²) < 4.78 is 1.12. The van der Waals surface area contributed by atoms with Crippen LogP contribution in [0, 0.1) is 0 Å². The molecule has 0 aliphatic carbocycles. The molecule has 0 amide bonds. The molecule has 0 bridgehead atoms. The third-order valence-electron chi connectivity index (χ3n) is 3.08. The Morgan fingerprint density at radius 1 is 1.05 bits per heavy atom. The van der Waals surface area contributed by atoms with Crippen molar-refractivity contribution in [3.8, 4) is 0 Å². The first-order valence-electron chi connectivity index (χ1n) is 6.43. The molecule has 0 saturated carbocycles. The van der Waals surface area contributed by atoms with E-state index in [4.69, 9.17) is 5.73 Å².